The minimum atomic E-state index is -0.867. The maximum Gasteiger partial charge on any atom is 0.408 e. The summed E-state index contributed by atoms with van der Waals surface area (Å²) >= 11 is 5.72. The Balaban J connectivity index is 2.00. The van der Waals surface area contributed by atoms with Gasteiger partial charge in [-0.05, 0) is 29.7 Å². The van der Waals surface area contributed by atoms with E-state index in [1.807, 2.05) is 44.2 Å². The smallest absolute Gasteiger partial charge is 0.408 e. The van der Waals surface area contributed by atoms with Crippen LogP contribution >= 0.6 is 11.6 Å². The Bertz CT molecular complexity index is 786. The first-order valence-corrected chi connectivity index (χ1v) is 9.01. The highest BCUT2D eigenvalue weighted by Gasteiger charge is 2.27. The van der Waals surface area contributed by atoms with E-state index in [0.29, 0.717) is 6.42 Å². The third-order valence-corrected chi connectivity index (χ3v) is 4.41. The van der Waals surface area contributed by atoms with Gasteiger partial charge in [0.1, 0.15) is 18.5 Å². The number of anilines is 1. The molecular formula is C20H22ClFN2O3. The van der Waals surface area contributed by atoms with Gasteiger partial charge in [0.15, 0.2) is 0 Å². The van der Waals surface area contributed by atoms with Gasteiger partial charge in [-0.2, -0.15) is 0 Å². The number of hydrogen-bond donors (Lipinski definition) is 2. The monoisotopic (exact) mass is 392 g/mol. The van der Waals surface area contributed by atoms with E-state index in [2.05, 4.69) is 10.6 Å². The zero-order valence-electron chi connectivity index (χ0n) is 15.2. The average molecular weight is 393 g/mol. The maximum absolute atomic E-state index is 13.9. The van der Waals surface area contributed by atoms with Crippen molar-refractivity contribution in [3.05, 3.63) is 64.9 Å². The van der Waals surface area contributed by atoms with Crippen molar-refractivity contribution in [1.82, 2.24) is 5.32 Å². The fourth-order valence-electron chi connectivity index (χ4n) is 2.40. The fourth-order valence-corrected chi connectivity index (χ4v) is 2.55. The molecule has 144 valence electrons. The van der Waals surface area contributed by atoms with Crippen LogP contribution in [0.25, 0.3) is 0 Å². The number of rotatable bonds is 7. The molecule has 0 unspecified atom stereocenters. The largest absolute Gasteiger partial charge is 0.445 e. The van der Waals surface area contributed by atoms with Gasteiger partial charge in [0.2, 0.25) is 5.91 Å². The molecule has 0 heterocycles. The van der Waals surface area contributed by atoms with Crippen LogP contribution in [-0.4, -0.2) is 18.0 Å². The molecule has 0 saturated heterocycles. The Hall–Kier alpha value is -2.60. The molecule has 2 atom stereocenters. The molecule has 2 amide bonds. The van der Waals surface area contributed by atoms with E-state index in [9.17, 15) is 14.0 Å². The number of halogens is 2. The van der Waals surface area contributed by atoms with Crippen molar-refractivity contribution in [1.29, 1.82) is 0 Å². The molecular weight excluding hydrogens is 371 g/mol. The second kappa shape index (κ2) is 9.92. The van der Waals surface area contributed by atoms with Crippen LogP contribution < -0.4 is 10.6 Å². The lowest BCUT2D eigenvalue weighted by molar-refractivity contribution is -0.119. The normalized spacial score (nSPS) is 12.7. The quantitative estimate of drug-likeness (QED) is 0.713. The third kappa shape index (κ3) is 6.25. The number of carbonyl (C=O) groups excluding carboxylic acids is 2. The van der Waals surface area contributed by atoms with Gasteiger partial charge in [-0.25, -0.2) is 9.18 Å². The molecule has 0 spiro atoms. The van der Waals surface area contributed by atoms with Crippen molar-refractivity contribution in [3.63, 3.8) is 0 Å². The standard InChI is InChI=1S/C20H22ClFN2O3/c1-3-13(2)18(19(25)23-17-10-9-15(21)11-16(17)22)24-20(26)27-12-14-7-5-4-6-8-14/h4-11,13,18H,3,12H2,1-2H3,(H,23,25)(H,24,26)/t13-,18-/m0/s1. The van der Waals surface area contributed by atoms with Crippen LogP contribution in [0, 0.1) is 11.7 Å². The first kappa shape index (κ1) is 20.7. The van der Waals surface area contributed by atoms with E-state index in [1.54, 1.807) is 0 Å². The van der Waals surface area contributed by atoms with Gasteiger partial charge in [-0.1, -0.05) is 62.2 Å². The van der Waals surface area contributed by atoms with Crippen LogP contribution in [0.3, 0.4) is 0 Å². The number of alkyl carbamates (subject to hydrolysis) is 1. The van der Waals surface area contributed by atoms with Crippen LogP contribution in [0.2, 0.25) is 5.02 Å². The summed E-state index contributed by atoms with van der Waals surface area (Å²) < 4.78 is 19.1. The van der Waals surface area contributed by atoms with E-state index < -0.39 is 23.9 Å². The Morgan fingerprint density at radius 1 is 1.19 bits per heavy atom. The highest BCUT2D eigenvalue weighted by molar-refractivity contribution is 6.30. The lowest BCUT2D eigenvalue weighted by Gasteiger charge is -2.23. The third-order valence-electron chi connectivity index (χ3n) is 4.17. The fraction of sp³-hybridized carbons (Fsp3) is 0.300. The van der Waals surface area contributed by atoms with Crippen molar-refractivity contribution >= 4 is 29.3 Å². The molecule has 0 fully saturated rings. The van der Waals surface area contributed by atoms with Crippen LogP contribution in [0.15, 0.2) is 48.5 Å². The number of ether oxygens (including phenoxy) is 1. The number of hydrogen-bond acceptors (Lipinski definition) is 3. The number of nitrogens with one attached hydrogen (secondary N) is 2. The van der Waals surface area contributed by atoms with Gasteiger partial charge in [0.25, 0.3) is 0 Å². The minimum Gasteiger partial charge on any atom is -0.445 e. The van der Waals surface area contributed by atoms with E-state index in [0.717, 1.165) is 11.6 Å². The molecule has 0 aliphatic rings. The first-order chi connectivity index (χ1) is 12.9. The molecule has 2 aromatic carbocycles. The molecule has 2 aromatic rings. The topological polar surface area (TPSA) is 67.4 Å². The molecule has 0 bridgehead atoms. The summed E-state index contributed by atoms with van der Waals surface area (Å²) in [4.78, 5) is 24.7. The molecule has 0 saturated carbocycles. The summed E-state index contributed by atoms with van der Waals surface area (Å²) in [6.45, 7) is 3.80. The Morgan fingerprint density at radius 3 is 2.52 bits per heavy atom. The number of carbonyl (C=O) groups is 2. The Kier molecular flexibility index (Phi) is 7.61. The van der Waals surface area contributed by atoms with Crippen molar-refractivity contribution < 1.29 is 18.7 Å². The van der Waals surface area contributed by atoms with Crippen LogP contribution in [-0.2, 0) is 16.1 Å². The summed E-state index contributed by atoms with van der Waals surface area (Å²) in [6.07, 6.45) is -0.0731. The summed E-state index contributed by atoms with van der Waals surface area (Å²) in [5.41, 5.74) is 0.831. The van der Waals surface area contributed by atoms with E-state index in [1.165, 1.54) is 12.1 Å². The summed E-state index contributed by atoms with van der Waals surface area (Å²) in [7, 11) is 0. The Labute approximate surface area is 162 Å². The second-order valence-corrected chi connectivity index (χ2v) is 6.62. The lowest BCUT2D eigenvalue weighted by Crippen LogP contribution is -2.47. The van der Waals surface area contributed by atoms with Gasteiger partial charge in [0, 0.05) is 5.02 Å². The molecule has 2 rings (SSSR count). The van der Waals surface area contributed by atoms with E-state index >= 15 is 0 Å². The lowest BCUT2D eigenvalue weighted by atomic mass is 9.98. The zero-order valence-corrected chi connectivity index (χ0v) is 15.9. The summed E-state index contributed by atoms with van der Waals surface area (Å²) in [6, 6.07) is 12.3. The van der Waals surface area contributed by atoms with Crippen LogP contribution in [0.5, 0.6) is 0 Å². The van der Waals surface area contributed by atoms with Crippen molar-refractivity contribution in [2.24, 2.45) is 5.92 Å². The van der Waals surface area contributed by atoms with Crippen molar-refractivity contribution in [2.45, 2.75) is 32.9 Å². The molecule has 27 heavy (non-hydrogen) atoms. The summed E-state index contributed by atoms with van der Waals surface area (Å²) in [5, 5.41) is 5.28. The van der Waals surface area contributed by atoms with Crippen molar-refractivity contribution in [3.8, 4) is 0 Å². The number of amides is 2. The molecule has 5 nitrogen and oxygen atoms in total. The molecule has 7 heteroatoms. The molecule has 0 aliphatic carbocycles. The SMILES string of the molecule is CC[C@H](C)[C@H](NC(=O)OCc1ccccc1)C(=O)Nc1ccc(Cl)cc1F. The second-order valence-electron chi connectivity index (χ2n) is 6.18. The van der Waals surface area contributed by atoms with E-state index in [4.69, 9.17) is 16.3 Å². The zero-order chi connectivity index (χ0) is 19.8. The average Bonchev–Trinajstić information content (AvgIpc) is 2.66. The molecule has 0 aromatic heterocycles. The highest BCUT2D eigenvalue weighted by atomic mass is 35.5. The first-order valence-electron chi connectivity index (χ1n) is 8.63. The Morgan fingerprint density at radius 2 is 1.89 bits per heavy atom. The highest BCUT2D eigenvalue weighted by Crippen LogP contribution is 2.20. The van der Waals surface area contributed by atoms with E-state index in [-0.39, 0.29) is 23.2 Å². The van der Waals surface area contributed by atoms with Gasteiger partial charge in [-0.3, -0.25) is 4.79 Å². The maximum atomic E-state index is 13.9. The van der Waals surface area contributed by atoms with Crippen LogP contribution in [0.1, 0.15) is 25.8 Å². The van der Waals surface area contributed by atoms with Crippen LogP contribution in [0.4, 0.5) is 14.9 Å². The molecule has 0 radical (unpaired) electrons. The van der Waals surface area contributed by atoms with Gasteiger partial charge in [0.05, 0.1) is 5.69 Å². The van der Waals surface area contributed by atoms with Gasteiger partial charge >= 0.3 is 6.09 Å². The number of benzene rings is 2. The predicted octanol–water partition coefficient (Wildman–Crippen LogP) is 4.76. The van der Waals surface area contributed by atoms with Gasteiger partial charge < -0.3 is 15.4 Å². The molecule has 2 N–H and O–H groups in total. The predicted molar refractivity (Wildman–Crippen MR) is 103 cm³/mol. The summed E-state index contributed by atoms with van der Waals surface area (Å²) in [5.74, 6) is -1.35. The molecule has 0 aliphatic heterocycles. The van der Waals surface area contributed by atoms with Gasteiger partial charge in [-0.15, -0.1) is 0 Å². The minimum absolute atomic E-state index is 0.00263. The van der Waals surface area contributed by atoms with Crippen molar-refractivity contribution in [2.75, 3.05) is 5.32 Å².